The van der Waals surface area contributed by atoms with Crippen molar-refractivity contribution in [3.63, 3.8) is 0 Å². The number of hydrogen-bond donors (Lipinski definition) is 0. The van der Waals surface area contributed by atoms with Gasteiger partial charge in [-0.15, -0.1) is 0 Å². The zero-order chi connectivity index (χ0) is 13.4. The lowest BCUT2D eigenvalue weighted by atomic mass is 9.84. The van der Waals surface area contributed by atoms with Gasteiger partial charge in [0.2, 0.25) is 0 Å². The molecule has 2 nitrogen and oxygen atoms in total. The van der Waals surface area contributed by atoms with Crippen LogP contribution in [0.15, 0.2) is 22.7 Å². The Kier molecular flexibility index (Phi) is 3.57. The van der Waals surface area contributed by atoms with Crippen LogP contribution >= 0.6 is 15.9 Å². The first-order valence-electron chi connectivity index (χ1n) is 4.65. The first-order chi connectivity index (χ1) is 7.56. The molecule has 0 N–H and O–H groups in total. The van der Waals surface area contributed by atoms with Crippen LogP contribution in [0, 0.1) is 0 Å². The highest BCUT2D eigenvalue weighted by atomic mass is 79.9. The maximum atomic E-state index is 12.5. The van der Waals surface area contributed by atoms with Crippen molar-refractivity contribution < 1.29 is 23.1 Å². The zero-order valence-corrected chi connectivity index (χ0v) is 10.6. The van der Waals surface area contributed by atoms with Crippen molar-refractivity contribution in [2.75, 3.05) is 0 Å². The van der Waals surface area contributed by atoms with Gasteiger partial charge in [0, 0.05) is 9.89 Å². The minimum Gasteiger partial charge on any atom is -0.549 e. The van der Waals surface area contributed by atoms with Gasteiger partial charge in [-0.1, -0.05) is 29.8 Å². The molecule has 1 rings (SSSR count). The highest BCUT2D eigenvalue weighted by Crippen LogP contribution is 2.36. The molecule has 0 amide bonds. The van der Waals surface area contributed by atoms with Crippen LogP contribution in [0.4, 0.5) is 13.2 Å². The van der Waals surface area contributed by atoms with E-state index in [-0.39, 0.29) is 5.56 Å². The molecule has 0 bridgehead atoms. The van der Waals surface area contributed by atoms with E-state index in [1.54, 1.807) is 0 Å². The maximum Gasteiger partial charge on any atom is 0.416 e. The average Bonchev–Trinajstić information content (AvgIpc) is 2.15. The van der Waals surface area contributed by atoms with Crippen LogP contribution in [0.2, 0.25) is 0 Å². The minimum atomic E-state index is -4.50. The minimum absolute atomic E-state index is 0.0346. The van der Waals surface area contributed by atoms with Gasteiger partial charge in [0.1, 0.15) is 0 Å². The van der Waals surface area contributed by atoms with Crippen LogP contribution in [0.25, 0.3) is 0 Å². The molecule has 0 spiro atoms. The molecule has 0 fully saturated rings. The van der Waals surface area contributed by atoms with Gasteiger partial charge in [0.25, 0.3) is 0 Å². The van der Waals surface area contributed by atoms with E-state index in [0.29, 0.717) is 4.47 Å². The molecule has 0 aromatic heterocycles. The Morgan fingerprint density at radius 1 is 1.29 bits per heavy atom. The Balaban J connectivity index is 3.39. The normalized spacial score (nSPS) is 12.6. The van der Waals surface area contributed by atoms with Gasteiger partial charge in [0.15, 0.2) is 0 Å². The van der Waals surface area contributed by atoms with Crippen LogP contribution in [0.3, 0.4) is 0 Å². The molecule has 0 aliphatic heterocycles. The molecule has 0 heterocycles. The molecule has 94 valence electrons. The fraction of sp³-hybridized carbons (Fsp3) is 0.364. The standard InChI is InChI=1S/C11H10BrF3O2/c1-10(2,9(16)17)7-5-6(11(13,14)15)3-4-8(7)12/h3-5H,1-2H3,(H,16,17)/p-1. The second kappa shape index (κ2) is 4.33. The smallest absolute Gasteiger partial charge is 0.416 e. The Bertz CT molecular complexity index is 453. The summed E-state index contributed by atoms with van der Waals surface area (Å²) in [6.07, 6.45) is -4.50. The van der Waals surface area contributed by atoms with E-state index in [2.05, 4.69) is 15.9 Å². The number of rotatable bonds is 2. The predicted molar refractivity (Wildman–Crippen MR) is 57.2 cm³/mol. The molecule has 0 radical (unpaired) electrons. The van der Waals surface area contributed by atoms with Crippen molar-refractivity contribution in [3.8, 4) is 0 Å². The van der Waals surface area contributed by atoms with Gasteiger partial charge in [-0.3, -0.25) is 0 Å². The van der Waals surface area contributed by atoms with Gasteiger partial charge in [-0.2, -0.15) is 13.2 Å². The molecular weight excluding hydrogens is 301 g/mol. The van der Waals surface area contributed by atoms with Gasteiger partial charge in [-0.25, -0.2) is 0 Å². The van der Waals surface area contributed by atoms with E-state index < -0.39 is 23.1 Å². The summed E-state index contributed by atoms with van der Waals surface area (Å²) in [7, 11) is 0. The van der Waals surface area contributed by atoms with Gasteiger partial charge < -0.3 is 9.90 Å². The van der Waals surface area contributed by atoms with Crippen LogP contribution in [-0.2, 0) is 16.4 Å². The number of halogens is 4. The third-order valence-corrected chi connectivity index (χ3v) is 3.17. The number of hydrogen-bond acceptors (Lipinski definition) is 2. The molecule has 0 aliphatic carbocycles. The number of carbonyl (C=O) groups is 1. The zero-order valence-electron chi connectivity index (χ0n) is 9.06. The Hall–Kier alpha value is -1.04. The fourth-order valence-electron chi connectivity index (χ4n) is 1.29. The Morgan fingerprint density at radius 2 is 1.82 bits per heavy atom. The van der Waals surface area contributed by atoms with E-state index in [0.717, 1.165) is 12.1 Å². The summed E-state index contributed by atoms with van der Waals surface area (Å²) in [6.45, 7) is 2.59. The summed E-state index contributed by atoms with van der Waals surface area (Å²) in [6, 6.07) is 2.89. The Morgan fingerprint density at radius 3 is 2.24 bits per heavy atom. The predicted octanol–water partition coefficient (Wildman–Crippen LogP) is 2.50. The van der Waals surface area contributed by atoms with Crippen LogP contribution < -0.4 is 5.11 Å². The molecule has 0 atom stereocenters. The molecule has 6 heteroatoms. The average molecular weight is 310 g/mol. The highest BCUT2D eigenvalue weighted by molar-refractivity contribution is 9.10. The SMILES string of the molecule is CC(C)(C(=O)[O-])c1cc(C(F)(F)F)ccc1Br. The number of carboxylic acid groups (broad SMARTS) is 1. The molecule has 0 saturated heterocycles. The van der Waals surface area contributed by atoms with Crippen LogP contribution in [0.1, 0.15) is 25.0 Å². The number of carboxylic acids is 1. The summed E-state index contributed by atoms with van der Waals surface area (Å²) >= 11 is 3.04. The van der Waals surface area contributed by atoms with Gasteiger partial charge in [-0.05, 0) is 23.8 Å². The number of carbonyl (C=O) groups excluding carboxylic acids is 1. The molecular formula is C11H9BrF3O2-. The van der Waals surface area contributed by atoms with Crippen molar-refractivity contribution >= 4 is 21.9 Å². The Labute approximate surface area is 105 Å². The van der Waals surface area contributed by atoms with Gasteiger partial charge in [0.05, 0.1) is 11.5 Å². The first-order valence-corrected chi connectivity index (χ1v) is 5.45. The van der Waals surface area contributed by atoms with E-state index in [4.69, 9.17) is 0 Å². The highest BCUT2D eigenvalue weighted by Gasteiger charge is 2.33. The second-order valence-electron chi connectivity index (χ2n) is 4.10. The third kappa shape index (κ3) is 2.80. The number of aliphatic carboxylic acids is 1. The maximum absolute atomic E-state index is 12.5. The quantitative estimate of drug-likeness (QED) is 0.842. The first kappa shape index (κ1) is 14.0. The van der Waals surface area contributed by atoms with E-state index in [1.165, 1.54) is 19.9 Å². The number of alkyl halides is 3. The topological polar surface area (TPSA) is 40.1 Å². The van der Waals surface area contributed by atoms with Gasteiger partial charge >= 0.3 is 6.18 Å². The van der Waals surface area contributed by atoms with E-state index in [9.17, 15) is 23.1 Å². The molecule has 0 aliphatic rings. The van der Waals surface area contributed by atoms with Crippen molar-refractivity contribution in [1.29, 1.82) is 0 Å². The molecule has 0 saturated carbocycles. The second-order valence-corrected chi connectivity index (χ2v) is 4.96. The summed E-state index contributed by atoms with van der Waals surface area (Å²) in [4.78, 5) is 10.9. The monoisotopic (exact) mass is 309 g/mol. The fourth-order valence-corrected chi connectivity index (χ4v) is 2.03. The summed E-state index contributed by atoms with van der Waals surface area (Å²) in [5.74, 6) is -1.43. The van der Waals surface area contributed by atoms with Crippen LogP contribution in [-0.4, -0.2) is 5.97 Å². The van der Waals surface area contributed by atoms with E-state index in [1.807, 2.05) is 0 Å². The molecule has 1 aromatic rings. The number of benzene rings is 1. The summed E-state index contributed by atoms with van der Waals surface area (Å²) in [5, 5.41) is 10.9. The lowest BCUT2D eigenvalue weighted by molar-refractivity contribution is -0.312. The largest absolute Gasteiger partial charge is 0.549 e. The van der Waals surface area contributed by atoms with Crippen molar-refractivity contribution in [1.82, 2.24) is 0 Å². The lowest BCUT2D eigenvalue weighted by Crippen LogP contribution is -2.41. The molecule has 0 unspecified atom stereocenters. The van der Waals surface area contributed by atoms with Crippen molar-refractivity contribution in [2.45, 2.75) is 25.4 Å². The van der Waals surface area contributed by atoms with E-state index >= 15 is 0 Å². The molecule has 17 heavy (non-hydrogen) atoms. The van der Waals surface area contributed by atoms with Crippen molar-refractivity contribution in [2.24, 2.45) is 0 Å². The summed E-state index contributed by atoms with van der Waals surface area (Å²) in [5.41, 5.74) is -2.35. The third-order valence-electron chi connectivity index (χ3n) is 2.48. The van der Waals surface area contributed by atoms with Crippen molar-refractivity contribution in [3.05, 3.63) is 33.8 Å². The lowest BCUT2D eigenvalue weighted by Gasteiger charge is -2.28. The van der Waals surface area contributed by atoms with Crippen LogP contribution in [0.5, 0.6) is 0 Å². The molecule has 1 aromatic carbocycles. The summed E-state index contributed by atoms with van der Waals surface area (Å²) < 4.78 is 37.8.